The maximum absolute atomic E-state index is 12.2. The molecule has 2 atom stereocenters. The third kappa shape index (κ3) is 5.02. The predicted molar refractivity (Wildman–Crippen MR) is 76.6 cm³/mol. The van der Waals surface area contributed by atoms with Crippen molar-refractivity contribution in [2.24, 2.45) is 5.92 Å². The standard InChI is InChI=1S/C15H20F3NS/c1-11-4-2-3-5-14(11)19-10-12-6-8-13(9-7-12)20-15(16,17)18/h6-9,11,14,19H,2-5,10H2,1H3. The van der Waals surface area contributed by atoms with Crippen molar-refractivity contribution < 1.29 is 13.2 Å². The Bertz CT molecular complexity index is 416. The van der Waals surface area contributed by atoms with Gasteiger partial charge in [-0.05, 0) is 48.2 Å². The van der Waals surface area contributed by atoms with Gasteiger partial charge in [0.25, 0.3) is 0 Å². The highest BCUT2D eigenvalue weighted by molar-refractivity contribution is 8.00. The molecule has 1 saturated carbocycles. The quantitative estimate of drug-likeness (QED) is 0.788. The summed E-state index contributed by atoms with van der Waals surface area (Å²) in [6.45, 7) is 2.99. The van der Waals surface area contributed by atoms with Gasteiger partial charge in [0.05, 0.1) is 0 Å². The molecule has 0 bridgehead atoms. The van der Waals surface area contributed by atoms with Crippen LogP contribution in [0.1, 0.15) is 38.2 Å². The molecule has 1 nitrogen and oxygen atoms in total. The van der Waals surface area contributed by atoms with Gasteiger partial charge in [-0.15, -0.1) is 0 Å². The molecule has 1 aromatic carbocycles. The normalized spacial score (nSPS) is 23.8. The van der Waals surface area contributed by atoms with Crippen LogP contribution >= 0.6 is 11.8 Å². The molecule has 0 amide bonds. The second-order valence-corrected chi connectivity index (χ2v) is 6.58. The van der Waals surface area contributed by atoms with Crippen LogP contribution in [0.15, 0.2) is 29.2 Å². The Kier molecular flexibility index (Phi) is 5.38. The molecule has 0 saturated heterocycles. The smallest absolute Gasteiger partial charge is 0.310 e. The fourth-order valence-electron chi connectivity index (χ4n) is 2.68. The lowest BCUT2D eigenvalue weighted by molar-refractivity contribution is -0.0328. The summed E-state index contributed by atoms with van der Waals surface area (Å²) in [5, 5.41) is 3.53. The second kappa shape index (κ2) is 6.85. The highest BCUT2D eigenvalue weighted by Gasteiger charge is 2.29. The van der Waals surface area contributed by atoms with Crippen LogP contribution in [0.4, 0.5) is 13.2 Å². The lowest BCUT2D eigenvalue weighted by Gasteiger charge is -2.29. The first-order chi connectivity index (χ1) is 9.44. The zero-order valence-corrected chi connectivity index (χ0v) is 12.4. The minimum absolute atomic E-state index is 0.0644. The molecule has 0 aliphatic heterocycles. The predicted octanol–water partition coefficient (Wildman–Crippen LogP) is 4.97. The van der Waals surface area contributed by atoms with Gasteiger partial charge in [-0.1, -0.05) is 31.9 Å². The summed E-state index contributed by atoms with van der Waals surface area (Å²) in [7, 11) is 0. The molecule has 2 rings (SSSR count). The van der Waals surface area contributed by atoms with E-state index < -0.39 is 5.51 Å². The van der Waals surface area contributed by atoms with E-state index in [-0.39, 0.29) is 16.7 Å². The van der Waals surface area contributed by atoms with E-state index in [1.54, 1.807) is 24.3 Å². The molecule has 0 heterocycles. The zero-order chi connectivity index (χ0) is 14.6. The molecule has 5 heteroatoms. The maximum atomic E-state index is 12.2. The Morgan fingerprint density at radius 3 is 2.40 bits per heavy atom. The van der Waals surface area contributed by atoms with Gasteiger partial charge in [-0.3, -0.25) is 0 Å². The third-order valence-electron chi connectivity index (χ3n) is 3.84. The molecule has 0 spiro atoms. The molecule has 20 heavy (non-hydrogen) atoms. The Morgan fingerprint density at radius 2 is 1.80 bits per heavy atom. The molecule has 0 radical (unpaired) electrons. The minimum atomic E-state index is -4.21. The van der Waals surface area contributed by atoms with Crippen molar-refractivity contribution in [1.82, 2.24) is 5.32 Å². The van der Waals surface area contributed by atoms with Crippen molar-refractivity contribution in [1.29, 1.82) is 0 Å². The summed E-state index contributed by atoms with van der Waals surface area (Å²) < 4.78 is 36.7. The monoisotopic (exact) mass is 303 g/mol. The number of hydrogen-bond donors (Lipinski definition) is 1. The van der Waals surface area contributed by atoms with Crippen molar-refractivity contribution in [2.45, 2.75) is 55.6 Å². The number of thioether (sulfide) groups is 1. The number of halogens is 3. The average Bonchev–Trinajstić information content (AvgIpc) is 2.38. The van der Waals surface area contributed by atoms with E-state index in [1.165, 1.54) is 25.7 Å². The molecule has 1 N–H and O–H groups in total. The van der Waals surface area contributed by atoms with E-state index in [2.05, 4.69) is 12.2 Å². The highest BCUT2D eigenvalue weighted by atomic mass is 32.2. The first-order valence-corrected chi connectivity index (χ1v) is 7.84. The van der Waals surface area contributed by atoms with Crippen LogP contribution in [0.3, 0.4) is 0 Å². The molecule has 1 aliphatic carbocycles. The topological polar surface area (TPSA) is 12.0 Å². The van der Waals surface area contributed by atoms with Crippen LogP contribution in [0.5, 0.6) is 0 Å². The van der Waals surface area contributed by atoms with E-state index >= 15 is 0 Å². The summed E-state index contributed by atoms with van der Waals surface area (Å²) >= 11 is -0.0644. The van der Waals surface area contributed by atoms with Crippen LogP contribution < -0.4 is 5.32 Å². The van der Waals surface area contributed by atoms with Gasteiger partial charge < -0.3 is 5.32 Å². The van der Waals surface area contributed by atoms with E-state index in [0.29, 0.717) is 12.0 Å². The third-order valence-corrected chi connectivity index (χ3v) is 4.58. The SMILES string of the molecule is CC1CCCCC1NCc1ccc(SC(F)(F)F)cc1. The molecular weight excluding hydrogens is 283 g/mol. The lowest BCUT2D eigenvalue weighted by atomic mass is 9.86. The number of alkyl halides is 3. The van der Waals surface area contributed by atoms with Crippen molar-refractivity contribution in [3.05, 3.63) is 29.8 Å². The first kappa shape index (κ1) is 15.7. The van der Waals surface area contributed by atoms with Crippen molar-refractivity contribution in [3.63, 3.8) is 0 Å². The zero-order valence-electron chi connectivity index (χ0n) is 11.5. The van der Waals surface area contributed by atoms with Gasteiger partial charge in [0.15, 0.2) is 0 Å². The Morgan fingerprint density at radius 1 is 1.15 bits per heavy atom. The minimum Gasteiger partial charge on any atom is -0.310 e. The van der Waals surface area contributed by atoms with E-state index in [4.69, 9.17) is 0 Å². The number of benzene rings is 1. The summed E-state index contributed by atoms with van der Waals surface area (Å²) in [4.78, 5) is 0.243. The first-order valence-electron chi connectivity index (χ1n) is 7.02. The lowest BCUT2D eigenvalue weighted by Crippen LogP contribution is -2.36. The van der Waals surface area contributed by atoms with E-state index in [9.17, 15) is 13.2 Å². The molecule has 1 fully saturated rings. The van der Waals surface area contributed by atoms with Gasteiger partial charge in [-0.25, -0.2) is 0 Å². The van der Waals surface area contributed by atoms with Crippen molar-refractivity contribution in [2.75, 3.05) is 0 Å². The van der Waals surface area contributed by atoms with Crippen LogP contribution in [-0.4, -0.2) is 11.6 Å². The molecule has 112 valence electrons. The van der Waals surface area contributed by atoms with Crippen LogP contribution in [0, 0.1) is 5.92 Å². The van der Waals surface area contributed by atoms with Gasteiger partial charge in [0.1, 0.15) is 0 Å². The second-order valence-electron chi connectivity index (χ2n) is 5.44. The van der Waals surface area contributed by atoms with Gasteiger partial charge in [0.2, 0.25) is 0 Å². The van der Waals surface area contributed by atoms with Gasteiger partial charge in [-0.2, -0.15) is 13.2 Å². The van der Waals surface area contributed by atoms with Gasteiger partial charge in [0, 0.05) is 17.5 Å². The largest absolute Gasteiger partial charge is 0.446 e. The van der Waals surface area contributed by atoms with Crippen molar-refractivity contribution in [3.8, 4) is 0 Å². The summed E-state index contributed by atoms with van der Waals surface area (Å²) in [6.07, 6.45) is 5.04. The molecule has 1 aromatic rings. The van der Waals surface area contributed by atoms with E-state index in [0.717, 1.165) is 12.1 Å². The fraction of sp³-hybridized carbons (Fsp3) is 0.600. The van der Waals surface area contributed by atoms with Crippen LogP contribution in [0.25, 0.3) is 0 Å². The van der Waals surface area contributed by atoms with E-state index in [1.807, 2.05) is 0 Å². The molecular formula is C15H20F3NS. The summed E-state index contributed by atoms with van der Waals surface area (Å²) in [6, 6.07) is 7.16. The number of nitrogens with one attached hydrogen (secondary N) is 1. The Hall–Kier alpha value is -0.680. The summed E-state index contributed by atoms with van der Waals surface area (Å²) in [5.74, 6) is 0.684. The van der Waals surface area contributed by atoms with Crippen LogP contribution in [0.2, 0.25) is 0 Å². The average molecular weight is 303 g/mol. The summed E-state index contributed by atoms with van der Waals surface area (Å²) in [5.41, 5.74) is -3.17. The maximum Gasteiger partial charge on any atom is 0.446 e. The van der Waals surface area contributed by atoms with Gasteiger partial charge >= 0.3 is 5.51 Å². The Balaban J connectivity index is 1.84. The molecule has 1 aliphatic rings. The number of rotatable bonds is 4. The molecule has 0 aromatic heterocycles. The number of hydrogen-bond acceptors (Lipinski definition) is 2. The fourth-order valence-corrected chi connectivity index (χ4v) is 3.22. The Labute approximate surface area is 122 Å². The van der Waals surface area contributed by atoms with Crippen LogP contribution in [-0.2, 0) is 6.54 Å². The van der Waals surface area contributed by atoms with Crippen molar-refractivity contribution >= 4 is 11.8 Å². The highest BCUT2D eigenvalue weighted by Crippen LogP contribution is 2.36. The molecule has 2 unspecified atom stereocenters.